The third kappa shape index (κ3) is 8.62. The SMILES string of the molecule is CCC(C)(CNC(C)(C)C)CN(C)CC(C)C. The molecule has 0 saturated carbocycles. The highest BCUT2D eigenvalue weighted by atomic mass is 15.1. The summed E-state index contributed by atoms with van der Waals surface area (Å²) >= 11 is 0. The van der Waals surface area contributed by atoms with Crippen LogP contribution in [0.25, 0.3) is 0 Å². The Labute approximate surface area is 109 Å². The lowest BCUT2D eigenvalue weighted by Crippen LogP contribution is -2.47. The van der Waals surface area contributed by atoms with Crippen LogP contribution < -0.4 is 5.32 Å². The highest BCUT2D eigenvalue weighted by Gasteiger charge is 2.25. The van der Waals surface area contributed by atoms with Gasteiger partial charge >= 0.3 is 0 Å². The molecule has 0 spiro atoms. The van der Waals surface area contributed by atoms with Gasteiger partial charge in [0.2, 0.25) is 0 Å². The van der Waals surface area contributed by atoms with Gasteiger partial charge in [-0.3, -0.25) is 0 Å². The first kappa shape index (κ1) is 16.9. The Balaban J connectivity index is 4.27. The minimum absolute atomic E-state index is 0.215. The molecule has 0 aliphatic rings. The van der Waals surface area contributed by atoms with Gasteiger partial charge in [-0.25, -0.2) is 0 Å². The van der Waals surface area contributed by atoms with Crippen molar-refractivity contribution in [3.8, 4) is 0 Å². The molecule has 2 heteroatoms. The molecule has 0 radical (unpaired) electrons. The van der Waals surface area contributed by atoms with E-state index in [-0.39, 0.29) is 5.54 Å². The number of hydrogen-bond acceptors (Lipinski definition) is 2. The van der Waals surface area contributed by atoms with Crippen LogP contribution in [0, 0.1) is 11.3 Å². The fraction of sp³-hybridized carbons (Fsp3) is 1.00. The van der Waals surface area contributed by atoms with Crippen LogP contribution >= 0.6 is 0 Å². The number of nitrogens with zero attached hydrogens (tertiary/aromatic N) is 1. The van der Waals surface area contributed by atoms with Crippen molar-refractivity contribution in [3.05, 3.63) is 0 Å². The molecule has 0 aromatic carbocycles. The molecule has 0 saturated heterocycles. The summed E-state index contributed by atoms with van der Waals surface area (Å²) in [6, 6.07) is 0. The van der Waals surface area contributed by atoms with Gasteiger partial charge in [0.15, 0.2) is 0 Å². The third-order valence-corrected chi connectivity index (χ3v) is 3.23. The van der Waals surface area contributed by atoms with Crippen LogP contribution in [0.4, 0.5) is 0 Å². The van der Waals surface area contributed by atoms with Crippen LogP contribution in [-0.2, 0) is 0 Å². The van der Waals surface area contributed by atoms with Gasteiger partial charge in [0.25, 0.3) is 0 Å². The molecule has 0 rings (SSSR count). The first-order valence-electron chi connectivity index (χ1n) is 7.01. The second-order valence-electron chi connectivity index (χ2n) is 7.36. The van der Waals surface area contributed by atoms with Gasteiger partial charge in [0.1, 0.15) is 0 Å². The summed E-state index contributed by atoms with van der Waals surface area (Å²) in [6.45, 7) is 19.4. The first-order valence-corrected chi connectivity index (χ1v) is 7.01. The van der Waals surface area contributed by atoms with Crippen molar-refractivity contribution < 1.29 is 0 Å². The van der Waals surface area contributed by atoms with Crippen LogP contribution in [-0.4, -0.2) is 37.1 Å². The molecule has 0 aliphatic carbocycles. The predicted octanol–water partition coefficient (Wildman–Crippen LogP) is 3.38. The van der Waals surface area contributed by atoms with Crippen molar-refractivity contribution in [1.29, 1.82) is 0 Å². The summed E-state index contributed by atoms with van der Waals surface area (Å²) in [4.78, 5) is 2.47. The number of hydrogen-bond donors (Lipinski definition) is 1. The van der Waals surface area contributed by atoms with Crippen LogP contribution in [0.15, 0.2) is 0 Å². The third-order valence-electron chi connectivity index (χ3n) is 3.23. The molecular formula is C15H34N2. The van der Waals surface area contributed by atoms with E-state index < -0.39 is 0 Å². The molecule has 17 heavy (non-hydrogen) atoms. The highest BCUT2D eigenvalue weighted by Crippen LogP contribution is 2.22. The molecule has 2 nitrogen and oxygen atoms in total. The molecule has 1 N–H and O–H groups in total. The zero-order valence-corrected chi connectivity index (χ0v) is 13.4. The van der Waals surface area contributed by atoms with Crippen molar-refractivity contribution in [1.82, 2.24) is 10.2 Å². The number of nitrogens with one attached hydrogen (secondary N) is 1. The average Bonchev–Trinajstić information content (AvgIpc) is 2.12. The summed E-state index contributed by atoms with van der Waals surface area (Å²) in [5.41, 5.74) is 0.587. The summed E-state index contributed by atoms with van der Waals surface area (Å²) in [5.74, 6) is 0.747. The minimum Gasteiger partial charge on any atom is -0.311 e. The maximum Gasteiger partial charge on any atom is 0.00967 e. The molecule has 104 valence electrons. The van der Waals surface area contributed by atoms with Gasteiger partial charge in [-0.2, -0.15) is 0 Å². The molecule has 0 aromatic heterocycles. The zero-order chi connectivity index (χ0) is 13.7. The van der Waals surface area contributed by atoms with Crippen molar-refractivity contribution in [2.24, 2.45) is 11.3 Å². The molecule has 0 heterocycles. The Hall–Kier alpha value is -0.0800. The van der Waals surface area contributed by atoms with E-state index in [1.807, 2.05) is 0 Å². The van der Waals surface area contributed by atoms with Crippen molar-refractivity contribution in [2.75, 3.05) is 26.7 Å². The normalized spacial score (nSPS) is 16.6. The van der Waals surface area contributed by atoms with Crippen molar-refractivity contribution >= 4 is 0 Å². The van der Waals surface area contributed by atoms with Crippen LogP contribution in [0.3, 0.4) is 0 Å². The summed E-state index contributed by atoms with van der Waals surface area (Å²) in [6.07, 6.45) is 1.22. The summed E-state index contributed by atoms with van der Waals surface area (Å²) < 4.78 is 0. The van der Waals surface area contributed by atoms with Gasteiger partial charge in [-0.05, 0) is 45.6 Å². The molecule has 0 fully saturated rings. The first-order chi connectivity index (χ1) is 7.58. The zero-order valence-electron chi connectivity index (χ0n) is 13.4. The summed E-state index contributed by atoms with van der Waals surface area (Å²) in [7, 11) is 2.24. The fourth-order valence-corrected chi connectivity index (χ4v) is 2.11. The lowest BCUT2D eigenvalue weighted by atomic mass is 9.85. The lowest BCUT2D eigenvalue weighted by molar-refractivity contribution is 0.158. The van der Waals surface area contributed by atoms with E-state index in [2.05, 4.69) is 65.7 Å². The average molecular weight is 242 g/mol. The second-order valence-corrected chi connectivity index (χ2v) is 7.36. The van der Waals surface area contributed by atoms with Gasteiger partial charge in [0.05, 0.1) is 0 Å². The molecule has 0 aliphatic heterocycles. The number of rotatable bonds is 7. The Morgan fingerprint density at radius 1 is 1.12 bits per heavy atom. The van der Waals surface area contributed by atoms with Gasteiger partial charge in [-0.1, -0.05) is 27.7 Å². The summed E-state index contributed by atoms with van der Waals surface area (Å²) in [5, 5.41) is 3.65. The predicted molar refractivity (Wildman–Crippen MR) is 78.5 cm³/mol. The topological polar surface area (TPSA) is 15.3 Å². The van der Waals surface area contributed by atoms with Gasteiger partial charge in [0, 0.05) is 25.2 Å². The largest absolute Gasteiger partial charge is 0.311 e. The molecule has 1 atom stereocenters. The molecular weight excluding hydrogens is 208 g/mol. The maximum absolute atomic E-state index is 3.65. The Bertz CT molecular complexity index is 205. The molecule has 0 aromatic rings. The van der Waals surface area contributed by atoms with E-state index in [0.717, 1.165) is 12.5 Å². The van der Waals surface area contributed by atoms with Crippen LogP contribution in [0.2, 0.25) is 0 Å². The maximum atomic E-state index is 3.65. The molecule has 1 unspecified atom stereocenters. The van der Waals surface area contributed by atoms with Crippen molar-refractivity contribution in [3.63, 3.8) is 0 Å². The van der Waals surface area contributed by atoms with E-state index in [1.165, 1.54) is 19.5 Å². The van der Waals surface area contributed by atoms with Crippen LogP contribution in [0.1, 0.15) is 54.9 Å². The Morgan fingerprint density at radius 2 is 1.65 bits per heavy atom. The highest BCUT2D eigenvalue weighted by molar-refractivity contribution is 4.82. The minimum atomic E-state index is 0.215. The quantitative estimate of drug-likeness (QED) is 0.736. The van der Waals surface area contributed by atoms with E-state index in [4.69, 9.17) is 0 Å². The van der Waals surface area contributed by atoms with Gasteiger partial charge < -0.3 is 10.2 Å². The lowest BCUT2D eigenvalue weighted by Gasteiger charge is -2.36. The van der Waals surface area contributed by atoms with E-state index in [1.54, 1.807) is 0 Å². The Kier molecular flexibility index (Phi) is 6.71. The van der Waals surface area contributed by atoms with Crippen molar-refractivity contribution in [2.45, 2.75) is 60.4 Å². The molecule has 0 bridgehead atoms. The van der Waals surface area contributed by atoms with E-state index in [9.17, 15) is 0 Å². The van der Waals surface area contributed by atoms with E-state index >= 15 is 0 Å². The Morgan fingerprint density at radius 3 is 2.00 bits per heavy atom. The standard InChI is InChI=1S/C15H34N2/c1-9-15(7,11-16-14(4,5)6)12-17(8)10-13(2)3/h13,16H,9-12H2,1-8H3. The van der Waals surface area contributed by atoms with E-state index in [0.29, 0.717) is 5.41 Å². The smallest absolute Gasteiger partial charge is 0.00967 e. The monoisotopic (exact) mass is 242 g/mol. The molecule has 0 amide bonds. The second kappa shape index (κ2) is 6.75. The van der Waals surface area contributed by atoms with Crippen LogP contribution in [0.5, 0.6) is 0 Å². The van der Waals surface area contributed by atoms with Gasteiger partial charge in [-0.15, -0.1) is 0 Å². The fourth-order valence-electron chi connectivity index (χ4n) is 2.11.